The minimum absolute atomic E-state index is 0.111. The Bertz CT molecular complexity index is 1480. The van der Waals surface area contributed by atoms with Gasteiger partial charge in [-0.05, 0) is 60.7 Å². The second-order valence-electron chi connectivity index (χ2n) is 9.34. The van der Waals surface area contributed by atoms with Crippen molar-refractivity contribution in [1.29, 1.82) is 0 Å². The van der Waals surface area contributed by atoms with E-state index in [2.05, 4.69) is 10.6 Å². The van der Waals surface area contributed by atoms with Gasteiger partial charge in [0.2, 0.25) is 0 Å². The van der Waals surface area contributed by atoms with Crippen LogP contribution in [0.2, 0.25) is 0 Å². The van der Waals surface area contributed by atoms with Crippen LogP contribution in [0.5, 0.6) is 23.0 Å². The predicted molar refractivity (Wildman–Crippen MR) is 144 cm³/mol. The first kappa shape index (κ1) is 25.9. The molecule has 0 amide bonds. The van der Waals surface area contributed by atoms with Gasteiger partial charge in [0.25, 0.3) is 5.69 Å². The van der Waals surface area contributed by atoms with Crippen molar-refractivity contribution < 1.29 is 29.0 Å². The number of nitro groups is 1. The normalized spacial score (nSPS) is 18.2. The topological polar surface area (TPSA) is 135 Å². The number of anilines is 2. The molecule has 2 aliphatic rings. The Balaban J connectivity index is 1.62. The smallest absolute Gasteiger partial charge is 0.265 e. The number of Topliss-reactive ketones (excluding diaryl/α,β-unsaturated/α-hetero) is 1. The van der Waals surface area contributed by atoms with E-state index in [-0.39, 0.29) is 23.9 Å². The molecule has 0 aromatic heterocycles. The maximum Gasteiger partial charge on any atom is 0.265 e. The molecule has 202 valence electrons. The van der Waals surface area contributed by atoms with Gasteiger partial charge in [0.05, 0.1) is 43.2 Å². The van der Waals surface area contributed by atoms with Crippen molar-refractivity contribution in [2.45, 2.75) is 31.7 Å². The highest BCUT2D eigenvalue weighted by Crippen LogP contribution is 2.47. The number of hydrogen-bond acceptors (Lipinski definition) is 9. The van der Waals surface area contributed by atoms with Crippen LogP contribution in [0.15, 0.2) is 65.9 Å². The van der Waals surface area contributed by atoms with Crippen LogP contribution in [0.1, 0.15) is 42.9 Å². The van der Waals surface area contributed by atoms with Gasteiger partial charge in [0.15, 0.2) is 17.3 Å². The second kappa shape index (κ2) is 10.6. The monoisotopic (exact) mass is 530 g/mol. The summed E-state index contributed by atoms with van der Waals surface area (Å²) in [6.45, 7) is 2.40. The molecule has 1 aliphatic carbocycles. The third kappa shape index (κ3) is 4.81. The van der Waals surface area contributed by atoms with Crippen molar-refractivity contribution in [1.82, 2.24) is 0 Å². The molecular weight excluding hydrogens is 502 g/mol. The molecule has 3 aromatic carbocycles. The number of nitrogens with one attached hydrogen (secondary N) is 2. The Morgan fingerprint density at radius 3 is 2.36 bits per heavy atom. The first-order chi connectivity index (χ1) is 18.8. The van der Waals surface area contributed by atoms with Crippen LogP contribution in [0.4, 0.5) is 17.1 Å². The molecule has 0 saturated carbocycles. The number of ketones is 1. The fourth-order valence-electron chi connectivity index (χ4n) is 5.25. The molecule has 2 atom stereocenters. The number of carbonyl (C=O) groups excluding carboxylic acids is 1. The largest absolute Gasteiger partial charge is 0.865 e. The standard InChI is InChI=1S/C29H29N3O7/c1-4-39-24-10-9-16(14-25(24)37-2)17-11-21-27(23(33)13-17)28(31-20-8-6-5-7-19(20)30-21)18-12-22(32(35)36)29(34)26(15-18)38-3/h5-10,12,14-15,17,28,30-31,34H,4,11,13H2,1-3H3/p-1. The predicted octanol–water partition coefficient (Wildman–Crippen LogP) is 5.06. The van der Waals surface area contributed by atoms with Gasteiger partial charge in [0, 0.05) is 29.5 Å². The first-order valence-corrected chi connectivity index (χ1v) is 12.6. The zero-order valence-electron chi connectivity index (χ0n) is 21.8. The van der Waals surface area contributed by atoms with Crippen molar-refractivity contribution in [2.75, 3.05) is 31.5 Å². The highest BCUT2D eigenvalue weighted by molar-refractivity contribution is 6.01. The van der Waals surface area contributed by atoms with Gasteiger partial charge in [-0.2, -0.15) is 0 Å². The molecule has 0 spiro atoms. The lowest BCUT2D eigenvalue weighted by Gasteiger charge is -2.30. The number of ether oxygens (including phenoxy) is 3. The fourth-order valence-corrected chi connectivity index (χ4v) is 5.25. The average Bonchev–Trinajstić information content (AvgIpc) is 3.10. The third-order valence-electron chi connectivity index (χ3n) is 7.08. The molecule has 0 radical (unpaired) electrons. The van der Waals surface area contributed by atoms with Crippen LogP contribution < -0.4 is 30.0 Å². The highest BCUT2D eigenvalue weighted by atomic mass is 16.6. The summed E-state index contributed by atoms with van der Waals surface area (Å²) in [5.74, 6) is 0.0153. The van der Waals surface area contributed by atoms with E-state index in [1.807, 2.05) is 49.4 Å². The van der Waals surface area contributed by atoms with Crippen molar-refractivity contribution in [3.8, 4) is 23.0 Å². The van der Waals surface area contributed by atoms with Crippen LogP contribution in [-0.2, 0) is 4.79 Å². The molecule has 5 rings (SSSR count). The van der Waals surface area contributed by atoms with E-state index in [0.717, 1.165) is 16.9 Å². The number of nitro benzene ring substituents is 1. The summed E-state index contributed by atoms with van der Waals surface area (Å²) in [5.41, 5.74) is 3.38. The summed E-state index contributed by atoms with van der Waals surface area (Å²) in [4.78, 5) is 24.8. The Morgan fingerprint density at radius 2 is 1.67 bits per heavy atom. The van der Waals surface area contributed by atoms with Crippen molar-refractivity contribution in [3.63, 3.8) is 0 Å². The van der Waals surface area contributed by atoms with Crippen LogP contribution in [-0.4, -0.2) is 31.5 Å². The van der Waals surface area contributed by atoms with E-state index in [1.165, 1.54) is 19.2 Å². The van der Waals surface area contributed by atoms with Gasteiger partial charge in [-0.25, -0.2) is 0 Å². The molecule has 1 aliphatic heterocycles. The summed E-state index contributed by atoms with van der Waals surface area (Å²) < 4.78 is 16.3. The summed E-state index contributed by atoms with van der Waals surface area (Å²) >= 11 is 0. The lowest BCUT2D eigenvalue weighted by Crippen LogP contribution is -2.27. The molecule has 3 aromatic rings. The number of carbonyl (C=O) groups is 1. The number of allylic oxidation sites excluding steroid dienone is 1. The van der Waals surface area contributed by atoms with Gasteiger partial charge in [0.1, 0.15) is 5.75 Å². The number of hydrogen-bond donors (Lipinski definition) is 2. The zero-order valence-corrected chi connectivity index (χ0v) is 21.8. The van der Waals surface area contributed by atoms with Crippen molar-refractivity contribution >= 4 is 22.8 Å². The molecule has 0 bridgehead atoms. The Morgan fingerprint density at radius 1 is 0.949 bits per heavy atom. The maximum absolute atomic E-state index is 13.8. The van der Waals surface area contributed by atoms with E-state index < -0.39 is 22.4 Å². The summed E-state index contributed by atoms with van der Waals surface area (Å²) in [6, 6.07) is 15.1. The van der Waals surface area contributed by atoms with Gasteiger partial charge in [-0.1, -0.05) is 18.2 Å². The van der Waals surface area contributed by atoms with Gasteiger partial charge in [-0.3, -0.25) is 14.9 Å². The Labute approximate surface area is 225 Å². The molecule has 39 heavy (non-hydrogen) atoms. The van der Waals surface area contributed by atoms with E-state index in [1.54, 1.807) is 7.11 Å². The van der Waals surface area contributed by atoms with E-state index in [0.29, 0.717) is 41.4 Å². The van der Waals surface area contributed by atoms with Crippen LogP contribution in [0, 0.1) is 10.1 Å². The van der Waals surface area contributed by atoms with E-state index in [9.17, 15) is 20.0 Å². The van der Waals surface area contributed by atoms with Crippen LogP contribution in [0.25, 0.3) is 0 Å². The minimum atomic E-state index is -0.813. The second-order valence-corrected chi connectivity index (χ2v) is 9.34. The number of nitrogens with zero attached hydrogens (tertiary/aromatic N) is 1. The molecular formula is C29H28N3O7-. The number of benzene rings is 3. The summed E-state index contributed by atoms with van der Waals surface area (Å²) in [5, 5.41) is 31.0. The van der Waals surface area contributed by atoms with Gasteiger partial charge < -0.3 is 30.0 Å². The zero-order chi connectivity index (χ0) is 27.7. The molecule has 10 nitrogen and oxygen atoms in total. The lowest BCUT2D eigenvalue weighted by atomic mass is 9.78. The highest BCUT2D eigenvalue weighted by Gasteiger charge is 2.37. The fraction of sp³-hybridized carbons (Fsp3) is 0.276. The van der Waals surface area contributed by atoms with E-state index >= 15 is 0 Å². The number of fused-ring (bicyclic) bond motifs is 1. The van der Waals surface area contributed by atoms with Gasteiger partial charge in [-0.15, -0.1) is 0 Å². The first-order valence-electron chi connectivity index (χ1n) is 12.6. The van der Waals surface area contributed by atoms with Crippen LogP contribution in [0.3, 0.4) is 0 Å². The van der Waals surface area contributed by atoms with Gasteiger partial charge >= 0.3 is 0 Å². The number of methoxy groups -OCH3 is 2. The molecule has 2 unspecified atom stereocenters. The Hall–Kier alpha value is -4.73. The minimum Gasteiger partial charge on any atom is -0.865 e. The average molecular weight is 531 g/mol. The SMILES string of the molecule is CCOc1ccc(C2CC(=O)C3=C(C2)Nc2ccccc2NC3c2cc(OC)c([O-])c([N+](=O)[O-])c2)cc1OC. The maximum atomic E-state index is 13.8. The summed E-state index contributed by atoms with van der Waals surface area (Å²) in [7, 11) is 2.86. The van der Waals surface area contributed by atoms with Crippen molar-refractivity contribution in [3.05, 3.63) is 87.1 Å². The van der Waals surface area contributed by atoms with E-state index in [4.69, 9.17) is 14.2 Å². The molecule has 0 fully saturated rings. The summed E-state index contributed by atoms with van der Waals surface area (Å²) in [6.07, 6.45) is 0.745. The molecule has 1 heterocycles. The molecule has 10 heteroatoms. The van der Waals surface area contributed by atoms with Crippen LogP contribution >= 0.6 is 0 Å². The molecule has 0 saturated heterocycles. The quantitative estimate of drug-likeness (QED) is 0.317. The number of para-hydroxylation sites is 2. The number of rotatable bonds is 7. The van der Waals surface area contributed by atoms with Crippen molar-refractivity contribution in [2.24, 2.45) is 0 Å². The third-order valence-corrected chi connectivity index (χ3v) is 7.08. The Kier molecular flexibility index (Phi) is 7.02. The lowest BCUT2D eigenvalue weighted by molar-refractivity contribution is -0.398. The molecule has 2 N–H and O–H groups in total.